The van der Waals surface area contributed by atoms with Gasteiger partial charge in [-0.3, -0.25) is 4.98 Å². The topological polar surface area (TPSA) is 90.7 Å². The number of allylic oxidation sites excluding steroid dienone is 1. The number of fused-ring (bicyclic) bond motifs is 1. The van der Waals surface area contributed by atoms with E-state index in [0.717, 1.165) is 34.9 Å². The molecule has 0 atom stereocenters. The fourth-order valence-corrected chi connectivity index (χ4v) is 3.30. The van der Waals surface area contributed by atoms with Crippen molar-refractivity contribution in [2.45, 2.75) is 19.3 Å². The number of amides is 1. The second-order valence-electron chi connectivity index (χ2n) is 6.34. The lowest BCUT2D eigenvalue weighted by atomic mass is 9.87. The summed E-state index contributed by atoms with van der Waals surface area (Å²) in [6, 6.07) is 9.68. The Morgan fingerprint density at radius 3 is 2.60 bits per heavy atom. The van der Waals surface area contributed by atoms with Crippen LogP contribution in [0.5, 0.6) is 0 Å². The average Bonchev–Trinajstić information content (AvgIpc) is 2.61. The van der Waals surface area contributed by atoms with Gasteiger partial charge < -0.3 is 15.1 Å². The van der Waals surface area contributed by atoms with Crippen molar-refractivity contribution in [3.63, 3.8) is 0 Å². The third kappa shape index (κ3) is 4.15. The second-order valence-corrected chi connectivity index (χ2v) is 6.34. The van der Waals surface area contributed by atoms with Gasteiger partial charge >= 0.3 is 12.1 Å². The standard InChI is InChI=1S/C19H20N2O4/c22-18(23)11-15(9-13-5-7-21(8-6-13)19(24)25)16-10-14-3-1-2-4-17(14)20-12-16/h1-4,10-13H,5-9H2,(H,22,23)(H,24,25). The van der Waals surface area contributed by atoms with Gasteiger partial charge in [0, 0.05) is 30.7 Å². The van der Waals surface area contributed by atoms with E-state index in [0.29, 0.717) is 19.5 Å². The molecule has 130 valence electrons. The maximum atomic E-state index is 11.2. The molecule has 1 aliphatic heterocycles. The van der Waals surface area contributed by atoms with Crippen molar-refractivity contribution >= 4 is 28.5 Å². The number of carbonyl (C=O) groups is 2. The monoisotopic (exact) mass is 340 g/mol. The summed E-state index contributed by atoms with van der Waals surface area (Å²) >= 11 is 0. The van der Waals surface area contributed by atoms with Crippen molar-refractivity contribution in [3.05, 3.63) is 48.2 Å². The first-order valence-electron chi connectivity index (χ1n) is 8.29. The van der Waals surface area contributed by atoms with E-state index in [1.54, 1.807) is 6.20 Å². The molecule has 6 heteroatoms. The number of pyridine rings is 1. The van der Waals surface area contributed by atoms with Gasteiger partial charge in [-0.15, -0.1) is 0 Å². The number of piperidine rings is 1. The summed E-state index contributed by atoms with van der Waals surface area (Å²) in [4.78, 5) is 28.1. The van der Waals surface area contributed by atoms with E-state index in [1.807, 2.05) is 30.3 Å². The molecule has 0 aliphatic carbocycles. The van der Waals surface area contributed by atoms with Gasteiger partial charge in [0.2, 0.25) is 0 Å². The molecule has 1 saturated heterocycles. The van der Waals surface area contributed by atoms with Gasteiger partial charge in [-0.2, -0.15) is 0 Å². The molecule has 25 heavy (non-hydrogen) atoms. The van der Waals surface area contributed by atoms with Crippen molar-refractivity contribution < 1.29 is 19.8 Å². The molecule has 2 aromatic rings. The van der Waals surface area contributed by atoms with Gasteiger partial charge in [0.1, 0.15) is 0 Å². The minimum absolute atomic E-state index is 0.271. The first-order chi connectivity index (χ1) is 12.0. The Hall–Kier alpha value is -2.89. The lowest BCUT2D eigenvalue weighted by molar-refractivity contribution is -0.131. The number of hydrogen-bond donors (Lipinski definition) is 2. The van der Waals surface area contributed by atoms with Crippen LogP contribution in [0.15, 0.2) is 42.6 Å². The number of rotatable bonds is 4. The van der Waals surface area contributed by atoms with Crippen LogP contribution < -0.4 is 0 Å². The molecule has 3 rings (SSSR count). The summed E-state index contributed by atoms with van der Waals surface area (Å²) in [5, 5.41) is 19.2. The molecule has 2 N–H and O–H groups in total. The number of hydrogen-bond acceptors (Lipinski definition) is 3. The van der Waals surface area contributed by atoms with Gasteiger partial charge in [0.05, 0.1) is 5.52 Å². The highest BCUT2D eigenvalue weighted by molar-refractivity contribution is 5.91. The van der Waals surface area contributed by atoms with Crippen LogP contribution in [-0.2, 0) is 4.79 Å². The van der Waals surface area contributed by atoms with Crippen LogP contribution in [-0.4, -0.2) is 45.2 Å². The molecule has 2 heterocycles. The van der Waals surface area contributed by atoms with Gasteiger partial charge in [0.15, 0.2) is 0 Å². The van der Waals surface area contributed by atoms with Crippen molar-refractivity contribution in [3.8, 4) is 0 Å². The van der Waals surface area contributed by atoms with E-state index in [2.05, 4.69) is 4.98 Å². The fraction of sp³-hybridized carbons (Fsp3) is 0.316. The summed E-state index contributed by atoms with van der Waals surface area (Å²) in [5.41, 5.74) is 2.41. The number of benzene rings is 1. The van der Waals surface area contributed by atoms with E-state index in [9.17, 15) is 14.7 Å². The normalized spacial score (nSPS) is 16.2. The number of para-hydroxylation sites is 1. The number of aromatic nitrogens is 1. The van der Waals surface area contributed by atoms with E-state index in [1.165, 1.54) is 11.0 Å². The zero-order valence-corrected chi connectivity index (χ0v) is 13.8. The Bertz CT molecular complexity index is 823. The minimum atomic E-state index is -0.980. The molecule has 0 radical (unpaired) electrons. The van der Waals surface area contributed by atoms with Crippen molar-refractivity contribution in [1.29, 1.82) is 0 Å². The quantitative estimate of drug-likeness (QED) is 0.832. The highest BCUT2D eigenvalue weighted by Gasteiger charge is 2.23. The predicted molar refractivity (Wildman–Crippen MR) is 94.3 cm³/mol. The van der Waals surface area contributed by atoms with Gasteiger partial charge in [-0.1, -0.05) is 18.2 Å². The molecule has 0 bridgehead atoms. The predicted octanol–water partition coefficient (Wildman–Crippen LogP) is 3.48. The van der Waals surface area contributed by atoms with Crippen molar-refractivity contribution in [2.24, 2.45) is 5.92 Å². The molecule has 6 nitrogen and oxygen atoms in total. The van der Waals surface area contributed by atoms with Gasteiger partial charge in [0.25, 0.3) is 0 Å². The van der Waals surface area contributed by atoms with Gasteiger partial charge in [-0.05, 0) is 48.4 Å². The maximum Gasteiger partial charge on any atom is 0.407 e. The Morgan fingerprint density at radius 2 is 1.92 bits per heavy atom. The summed E-state index contributed by atoms with van der Waals surface area (Å²) in [7, 11) is 0. The molecule has 0 saturated carbocycles. The third-order valence-electron chi connectivity index (χ3n) is 4.65. The summed E-state index contributed by atoms with van der Waals surface area (Å²) < 4.78 is 0. The van der Waals surface area contributed by atoms with E-state index >= 15 is 0 Å². The largest absolute Gasteiger partial charge is 0.478 e. The molecular formula is C19H20N2O4. The van der Waals surface area contributed by atoms with Gasteiger partial charge in [-0.25, -0.2) is 9.59 Å². The second kappa shape index (κ2) is 7.34. The number of nitrogens with zero attached hydrogens (tertiary/aromatic N) is 2. The van der Waals surface area contributed by atoms with Crippen LogP contribution in [0.1, 0.15) is 24.8 Å². The maximum absolute atomic E-state index is 11.2. The number of aliphatic carboxylic acids is 1. The number of carboxylic acid groups (broad SMARTS) is 2. The minimum Gasteiger partial charge on any atom is -0.478 e. The van der Waals surface area contributed by atoms with Crippen LogP contribution in [0.2, 0.25) is 0 Å². The average molecular weight is 340 g/mol. The van der Waals surface area contributed by atoms with E-state index in [4.69, 9.17) is 5.11 Å². The molecule has 1 aromatic heterocycles. The smallest absolute Gasteiger partial charge is 0.407 e. The molecule has 1 aliphatic rings. The summed E-state index contributed by atoms with van der Waals surface area (Å²) in [6.45, 7) is 0.993. The first-order valence-corrected chi connectivity index (χ1v) is 8.29. The zero-order valence-electron chi connectivity index (χ0n) is 13.8. The van der Waals surface area contributed by atoms with Crippen LogP contribution >= 0.6 is 0 Å². The number of carboxylic acids is 1. The molecule has 0 unspecified atom stereocenters. The summed E-state index contributed by atoms with van der Waals surface area (Å²) in [6.07, 6.45) is 4.16. The molecule has 1 aromatic carbocycles. The molecule has 1 fully saturated rings. The van der Waals surface area contributed by atoms with Crippen LogP contribution in [0.25, 0.3) is 16.5 Å². The van der Waals surface area contributed by atoms with Crippen LogP contribution in [0.3, 0.4) is 0 Å². The molecular weight excluding hydrogens is 320 g/mol. The molecule has 0 spiro atoms. The lowest BCUT2D eigenvalue weighted by Crippen LogP contribution is -2.37. The van der Waals surface area contributed by atoms with Crippen molar-refractivity contribution in [2.75, 3.05) is 13.1 Å². The first kappa shape index (κ1) is 17.0. The van der Waals surface area contributed by atoms with Crippen molar-refractivity contribution in [1.82, 2.24) is 9.88 Å². The Morgan fingerprint density at radius 1 is 1.20 bits per heavy atom. The van der Waals surface area contributed by atoms with Crippen LogP contribution in [0.4, 0.5) is 4.79 Å². The molecule has 1 amide bonds. The highest BCUT2D eigenvalue weighted by Crippen LogP contribution is 2.30. The fourth-order valence-electron chi connectivity index (χ4n) is 3.30. The van der Waals surface area contributed by atoms with E-state index in [-0.39, 0.29) is 5.92 Å². The Kier molecular flexibility index (Phi) is 4.97. The lowest BCUT2D eigenvalue weighted by Gasteiger charge is -2.30. The summed E-state index contributed by atoms with van der Waals surface area (Å²) in [5.74, 6) is -0.709. The Labute approximate surface area is 145 Å². The third-order valence-corrected chi connectivity index (χ3v) is 4.65. The Balaban J connectivity index is 1.80. The highest BCUT2D eigenvalue weighted by atomic mass is 16.4. The SMILES string of the molecule is O=C(O)C=C(CC1CCN(C(=O)O)CC1)c1cnc2ccccc2c1. The van der Waals surface area contributed by atoms with Crippen LogP contribution in [0, 0.1) is 5.92 Å². The van der Waals surface area contributed by atoms with E-state index < -0.39 is 12.1 Å². The zero-order chi connectivity index (χ0) is 17.8. The number of likely N-dealkylation sites (tertiary alicyclic amines) is 1.